The number of amides is 1. The molecule has 0 atom stereocenters. The van der Waals surface area contributed by atoms with Crippen molar-refractivity contribution in [2.75, 3.05) is 38.0 Å². The van der Waals surface area contributed by atoms with Gasteiger partial charge in [0.1, 0.15) is 0 Å². The predicted molar refractivity (Wildman–Crippen MR) is 78.7 cm³/mol. The van der Waals surface area contributed by atoms with E-state index in [0.717, 1.165) is 38.2 Å². The summed E-state index contributed by atoms with van der Waals surface area (Å²) >= 11 is 6.10. The van der Waals surface area contributed by atoms with E-state index in [1.807, 2.05) is 25.1 Å². The average molecular weight is 282 g/mol. The van der Waals surface area contributed by atoms with Gasteiger partial charge in [-0.1, -0.05) is 17.7 Å². The zero-order chi connectivity index (χ0) is 13.7. The van der Waals surface area contributed by atoms with Crippen LogP contribution in [0.3, 0.4) is 0 Å². The molecule has 0 bridgehead atoms. The monoisotopic (exact) mass is 281 g/mol. The maximum atomic E-state index is 12.0. The van der Waals surface area contributed by atoms with Crippen LogP contribution >= 0.6 is 11.6 Å². The van der Waals surface area contributed by atoms with E-state index in [4.69, 9.17) is 11.6 Å². The lowest BCUT2D eigenvalue weighted by Gasteiger charge is -2.19. The van der Waals surface area contributed by atoms with Crippen molar-refractivity contribution in [2.45, 2.75) is 13.3 Å². The molecule has 1 aliphatic rings. The summed E-state index contributed by atoms with van der Waals surface area (Å²) in [6.07, 6.45) is 1.08. The maximum absolute atomic E-state index is 12.0. The minimum Gasteiger partial charge on any atom is -0.324 e. The van der Waals surface area contributed by atoms with Gasteiger partial charge in [0.15, 0.2) is 0 Å². The second-order valence-electron chi connectivity index (χ2n) is 4.91. The van der Waals surface area contributed by atoms with Gasteiger partial charge in [0.05, 0.1) is 17.3 Å². The van der Waals surface area contributed by atoms with Crippen molar-refractivity contribution < 1.29 is 4.79 Å². The Balaban J connectivity index is 1.89. The van der Waals surface area contributed by atoms with Gasteiger partial charge in [-0.3, -0.25) is 9.69 Å². The Kier molecular flexibility index (Phi) is 5.19. The van der Waals surface area contributed by atoms with E-state index < -0.39 is 0 Å². The molecule has 0 spiro atoms. The fraction of sp³-hybridized carbons (Fsp3) is 0.500. The number of rotatable bonds is 3. The van der Waals surface area contributed by atoms with Gasteiger partial charge in [-0.15, -0.1) is 0 Å². The molecule has 1 heterocycles. The molecule has 0 unspecified atom stereocenters. The summed E-state index contributed by atoms with van der Waals surface area (Å²) in [6.45, 7) is 6.24. The lowest BCUT2D eigenvalue weighted by molar-refractivity contribution is -0.117. The Labute approximate surface area is 119 Å². The molecule has 2 rings (SSSR count). The molecule has 1 saturated heterocycles. The van der Waals surface area contributed by atoms with Crippen LogP contribution in [0.15, 0.2) is 18.2 Å². The molecule has 1 fully saturated rings. The lowest BCUT2D eigenvalue weighted by atomic mass is 10.2. The number of halogens is 1. The summed E-state index contributed by atoms with van der Waals surface area (Å²) < 4.78 is 0. The van der Waals surface area contributed by atoms with Gasteiger partial charge in [-0.05, 0) is 44.1 Å². The van der Waals surface area contributed by atoms with Crippen molar-refractivity contribution in [1.29, 1.82) is 0 Å². The van der Waals surface area contributed by atoms with Crippen LogP contribution in [0.25, 0.3) is 0 Å². The van der Waals surface area contributed by atoms with Gasteiger partial charge < -0.3 is 10.6 Å². The molecule has 0 radical (unpaired) electrons. The molecule has 2 N–H and O–H groups in total. The minimum atomic E-state index is -0.00680. The number of nitrogens with zero attached hydrogens (tertiary/aromatic N) is 1. The molecule has 1 aliphatic heterocycles. The van der Waals surface area contributed by atoms with E-state index in [0.29, 0.717) is 17.3 Å². The summed E-state index contributed by atoms with van der Waals surface area (Å²) in [6, 6.07) is 5.64. The van der Waals surface area contributed by atoms with Gasteiger partial charge in [-0.25, -0.2) is 0 Å². The number of nitrogens with one attached hydrogen (secondary N) is 2. The first kappa shape index (κ1) is 14.3. The second kappa shape index (κ2) is 6.89. The van der Waals surface area contributed by atoms with Gasteiger partial charge in [0, 0.05) is 13.1 Å². The number of hydrogen-bond donors (Lipinski definition) is 2. The zero-order valence-electron chi connectivity index (χ0n) is 11.2. The number of anilines is 1. The van der Waals surface area contributed by atoms with Gasteiger partial charge in [0.25, 0.3) is 0 Å². The highest BCUT2D eigenvalue weighted by atomic mass is 35.5. The molecule has 104 valence electrons. The zero-order valence-corrected chi connectivity index (χ0v) is 12.0. The summed E-state index contributed by atoms with van der Waals surface area (Å²) in [7, 11) is 0. The predicted octanol–water partition coefficient (Wildman–Crippen LogP) is 1.88. The Morgan fingerprint density at radius 1 is 1.42 bits per heavy atom. The third kappa shape index (κ3) is 4.49. The van der Waals surface area contributed by atoms with Crippen molar-refractivity contribution in [3.63, 3.8) is 0 Å². The highest BCUT2D eigenvalue weighted by Gasteiger charge is 2.13. The number of carbonyl (C=O) groups is 1. The molecule has 0 aliphatic carbocycles. The Morgan fingerprint density at radius 2 is 2.26 bits per heavy atom. The molecule has 4 nitrogen and oxygen atoms in total. The third-order valence-electron chi connectivity index (χ3n) is 3.20. The normalized spacial score (nSPS) is 16.9. The maximum Gasteiger partial charge on any atom is 0.238 e. The average Bonchev–Trinajstić information content (AvgIpc) is 2.61. The molecule has 5 heteroatoms. The largest absolute Gasteiger partial charge is 0.324 e. The van der Waals surface area contributed by atoms with Crippen LogP contribution in [0.5, 0.6) is 0 Å². The second-order valence-corrected chi connectivity index (χ2v) is 5.32. The summed E-state index contributed by atoms with van der Waals surface area (Å²) in [5.74, 6) is -0.00680. The fourth-order valence-corrected chi connectivity index (χ4v) is 2.46. The van der Waals surface area contributed by atoms with Crippen LogP contribution in [-0.2, 0) is 4.79 Å². The van der Waals surface area contributed by atoms with Crippen LogP contribution in [0.2, 0.25) is 5.02 Å². The quantitative estimate of drug-likeness (QED) is 0.889. The van der Waals surface area contributed by atoms with Gasteiger partial charge >= 0.3 is 0 Å². The number of carbonyl (C=O) groups excluding carboxylic acids is 1. The SMILES string of the molecule is Cc1ccc(NC(=O)CN2CCCNCC2)c(Cl)c1. The molecule has 1 aromatic carbocycles. The first-order valence-electron chi connectivity index (χ1n) is 6.64. The van der Waals surface area contributed by atoms with Crippen LogP contribution in [-0.4, -0.2) is 43.5 Å². The highest BCUT2D eigenvalue weighted by Crippen LogP contribution is 2.22. The highest BCUT2D eigenvalue weighted by molar-refractivity contribution is 6.33. The van der Waals surface area contributed by atoms with Gasteiger partial charge in [-0.2, -0.15) is 0 Å². The van der Waals surface area contributed by atoms with Crippen LogP contribution in [0, 0.1) is 6.92 Å². The fourth-order valence-electron chi connectivity index (χ4n) is 2.17. The third-order valence-corrected chi connectivity index (χ3v) is 3.51. The Bertz CT molecular complexity index is 442. The van der Waals surface area contributed by atoms with Gasteiger partial charge in [0.2, 0.25) is 5.91 Å². The molecule has 0 saturated carbocycles. The van der Waals surface area contributed by atoms with E-state index in [1.54, 1.807) is 0 Å². The first-order valence-corrected chi connectivity index (χ1v) is 7.02. The molecular formula is C14H20ClN3O. The summed E-state index contributed by atoms with van der Waals surface area (Å²) in [5, 5.41) is 6.78. The van der Waals surface area contributed by atoms with Crippen LogP contribution < -0.4 is 10.6 Å². The van der Waals surface area contributed by atoms with E-state index in [2.05, 4.69) is 15.5 Å². The summed E-state index contributed by atoms with van der Waals surface area (Å²) in [5.41, 5.74) is 1.77. The standard InChI is InChI=1S/C14H20ClN3O/c1-11-3-4-13(12(15)9-11)17-14(19)10-18-7-2-5-16-6-8-18/h3-4,9,16H,2,5-8,10H2,1H3,(H,17,19). The molecule has 19 heavy (non-hydrogen) atoms. The number of hydrogen-bond acceptors (Lipinski definition) is 3. The van der Waals surface area contributed by atoms with E-state index in [1.165, 1.54) is 0 Å². The molecule has 1 aromatic rings. The van der Waals surface area contributed by atoms with Crippen molar-refractivity contribution >= 4 is 23.2 Å². The van der Waals surface area contributed by atoms with E-state index in [-0.39, 0.29) is 5.91 Å². The summed E-state index contributed by atoms with van der Waals surface area (Å²) in [4.78, 5) is 14.2. The van der Waals surface area contributed by atoms with Crippen molar-refractivity contribution in [2.24, 2.45) is 0 Å². The molecular weight excluding hydrogens is 262 g/mol. The Hall–Kier alpha value is -1.10. The van der Waals surface area contributed by atoms with Crippen molar-refractivity contribution in [1.82, 2.24) is 10.2 Å². The van der Waals surface area contributed by atoms with E-state index >= 15 is 0 Å². The van der Waals surface area contributed by atoms with Crippen molar-refractivity contribution in [3.05, 3.63) is 28.8 Å². The van der Waals surface area contributed by atoms with Crippen LogP contribution in [0.1, 0.15) is 12.0 Å². The molecule has 1 amide bonds. The minimum absolute atomic E-state index is 0.00680. The Morgan fingerprint density at radius 3 is 3.05 bits per heavy atom. The van der Waals surface area contributed by atoms with Crippen LogP contribution in [0.4, 0.5) is 5.69 Å². The lowest BCUT2D eigenvalue weighted by Crippen LogP contribution is -2.35. The first-order chi connectivity index (χ1) is 9.15. The number of benzene rings is 1. The topological polar surface area (TPSA) is 44.4 Å². The smallest absolute Gasteiger partial charge is 0.238 e. The number of aryl methyl sites for hydroxylation is 1. The molecule has 0 aromatic heterocycles. The van der Waals surface area contributed by atoms with E-state index in [9.17, 15) is 4.79 Å². The van der Waals surface area contributed by atoms with Crippen molar-refractivity contribution in [3.8, 4) is 0 Å².